The molecule has 1 aromatic carbocycles. The molecule has 0 radical (unpaired) electrons. The van der Waals surface area contributed by atoms with Crippen molar-refractivity contribution < 1.29 is 0 Å². The lowest BCUT2D eigenvalue weighted by atomic mass is 10.0. The zero-order valence-electron chi connectivity index (χ0n) is 10.1. The van der Waals surface area contributed by atoms with Gasteiger partial charge in [-0.15, -0.1) is 0 Å². The molecule has 1 rings (SSSR count). The lowest BCUT2D eigenvalue weighted by Crippen LogP contribution is -2.26. The molecule has 0 N–H and O–H groups in total. The van der Waals surface area contributed by atoms with Crippen LogP contribution in [0.3, 0.4) is 0 Å². The minimum Gasteiger partial charge on any atom is -0.0876 e. The van der Waals surface area contributed by atoms with Gasteiger partial charge in [-0.3, -0.25) is 0 Å². The molecule has 0 heterocycles. The summed E-state index contributed by atoms with van der Waals surface area (Å²) in [6.45, 7) is 8.73. The van der Waals surface area contributed by atoms with Crippen molar-refractivity contribution in [2.24, 2.45) is 5.92 Å². The van der Waals surface area contributed by atoms with E-state index in [2.05, 4.69) is 63.3 Å². The highest BCUT2D eigenvalue weighted by atomic mass is 14.0. The van der Waals surface area contributed by atoms with Gasteiger partial charge in [-0.1, -0.05) is 61.9 Å². The van der Waals surface area contributed by atoms with E-state index < -0.39 is 0 Å². The Morgan fingerprint density at radius 1 is 1.20 bits per heavy atom. The van der Waals surface area contributed by atoms with Crippen molar-refractivity contribution in [2.75, 3.05) is 0 Å². The summed E-state index contributed by atoms with van der Waals surface area (Å²) < 4.78 is 0. The molecule has 0 saturated carbocycles. The van der Waals surface area contributed by atoms with E-state index in [0.717, 1.165) is 0 Å². The van der Waals surface area contributed by atoms with E-state index in [0.29, 0.717) is 5.92 Å². The fourth-order valence-electron chi connectivity index (χ4n) is 1.51. The number of rotatable bonds is 2. The molecule has 0 atom stereocenters. The van der Waals surface area contributed by atoms with Crippen molar-refractivity contribution in [1.29, 1.82) is 0 Å². The summed E-state index contributed by atoms with van der Waals surface area (Å²) in [5.41, 5.74) is 1.45. The van der Waals surface area contributed by atoms with Crippen LogP contribution in [0, 0.1) is 5.92 Å². The lowest BCUT2D eigenvalue weighted by Gasteiger charge is -2.04. The Labute approximate surface area is 92.6 Å². The molecule has 0 bridgehead atoms. The monoisotopic (exact) mass is 200 g/mol. The molecular weight excluding hydrogens is 180 g/mol. The summed E-state index contributed by atoms with van der Waals surface area (Å²) in [5, 5.41) is 2.67. The highest BCUT2D eigenvalue weighted by molar-refractivity contribution is 5.47. The van der Waals surface area contributed by atoms with Crippen LogP contribution >= 0.6 is 0 Å². The van der Waals surface area contributed by atoms with Gasteiger partial charge in [-0.25, -0.2) is 0 Å². The zero-order chi connectivity index (χ0) is 11.3. The van der Waals surface area contributed by atoms with Crippen molar-refractivity contribution in [3.05, 3.63) is 46.9 Å². The zero-order valence-corrected chi connectivity index (χ0v) is 10.1. The molecule has 15 heavy (non-hydrogen) atoms. The third-order valence-corrected chi connectivity index (χ3v) is 2.72. The predicted octanol–water partition coefficient (Wildman–Crippen LogP) is 2.87. The Morgan fingerprint density at radius 3 is 2.47 bits per heavy atom. The summed E-state index contributed by atoms with van der Waals surface area (Å²) in [5.74, 6) is 0.602. The van der Waals surface area contributed by atoms with E-state index >= 15 is 0 Å². The topological polar surface area (TPSA) is 0 Å². The third kappa shape index (κ3) is 3.09. The summed E-state index contributed by atoms with van der Waals surface area (Å²) in [6, 6.07) is 8.56. The summed E-state index contributed by atoms with van der Waals surface area (Å²) in [7, 11) is 0. The Morgan fingerprint density at radius 2 is 1.87 bits per heavy atom. The van der Waals surface area contributed by atoms with Crippen LogP contribution in [-0.4, -0.2) is 0 Å². The van der Waals surface area contributed by atoms with Crippen LogP contribution in [0.15, 0.2) is 36.4 Å². The van der Waals surface area contributed by atoms with E-state index in [4.69, 9.17) is 0 Å². The molecule has 0 aromatic heterocycles. The second kappa shape index (κ2) is 5.55. The Hall–Kier alpha value is -1.30. The molecule has 0 spiro atoms. The second-order valence-corrected chi connectivity index (χ2v) is 4.12. The first-order chi connectivity index (χ1) is 7.16. The Balaban J connectivity index is 3.49. The van der Waals surface area contributed by atoms with E-state index in [9.17, 15) is 0 Å². The van der Waals surface area contributed by atoms with Gasteiger partial charge in [0.05, 0.1) is 0 Å². The second-order valence-electron chi connectivity index (χ2n) is 4.12. The molecular formula is C15H20. The van der Waals surface area contributed by atoms with Crippen LogP contribution in [0.1, 0.15) is 27.7 Å². The van der Waals surface area contributed by atoms with Gasteiger partial charge in [0, 0.05) is 0 Å². The average Bonchev–Trinajstić information content (AvgIpc) is 2.25. The smallest absolute Gasteiger partial charge is 0.0185 e. The molecule has 0 saturated heterocycles. The standard InChI is InChI=1S/C15H20/c1-5-6-9-14-10-7-8-11-15(14)13(4)12(2)3/h5-12H,1-4H3/b6-5?,14-9-,15-13+. The van der Waals surface area contributed by atoms with Gasteiger partial charge in [0.15, 0.2) is 0 Å². The molecule has 0 amide bonds. The summed E-state index contributed by atoms with van der Waals surface area (Å²) >= 11 is 0. The number of hydrogen-bond acceptors (Lipinski definition) is 0. The first kappa shape index (κ1) is 11.8. The number of allylic oxidation sites excluding steroid dienone is 2. The first-order valence-electron chi connectivity index (χ1n) is 5.55. The fraction of sp³-hybridized carbons (Fsp3) is 0.333. The van der Waals surface area contributed by atoms with Gasteiger partial charge in [0.1, 0.15) is 0 Å². The van der Waals surface area contributed by atoms with Crippen LogP contribution in [0.2, 0.25) is 0 Å². The maximum absolute atomic E-state index is 2.24. The Kier molecular flexibility index (Phi) is 4.36. The fourth-order valence-corrected chi connectivity index (χ4v) is 1.51. The Bertz CT molecular complexity index is 447. The van der Waals surface area contributed by atoms with E-state index in [1.165, 1.54) is 16.0 Å². The molecule has 0 fully saturated rings. The molecule has 0 aliphatic rings. The summed E-state index contributed by atoms with van der Waals surface area (Å²) in [6.07, 6.45) is 6.31. The van der Waals surface area contributed by atoms with Gasteiger partial charge in [-0.2, -0.15) is 0 Å². The van der Waals surface area contributed by atoms with Gasteiger partial charge in [0.25, 0.3) is 0 Å². The van der Waals surface area contributed by atoms with Gasteiger partial charge in [-0.05, 0) is 30.2 Å². The average molecular weight is 200 g/mol. The lowest BCUT2D eigenvalue weighted by molar-refractivity contribution is 0.840. The van der Waals surface area contributed by atoms with E-state index in [1.54, 1.807) is 0 Å². The number of benzene rings is 1. The van der Waals surface area contributed by atoms with Crippen LogP contribution in [-0.2, 0) is 0 Å². The SMILES string of the molecule is CC=C/C=c1/cccc/c1=C(/C)C(C)C. The molecule has 0 aliphatic carbocycles. The van der Waals surface area contributed by atoms with Crippen molar-refractivity contribution in [2.45, 2.75) is 27.7 Å². The molecule has 80 valence electrons. The van der Waals surface area contributed by atoms with Gasteiger partial charge in [0.2, 0.25) is 0 Å². The highest BCUT2D eigenvalue weighted by Crippen LogP contribution is 2.05. The van der Waals surface area contributed by atoms with Crippen LogP contribution in [0.5, 0.6) is 0 Å². The van der Waals surface area contributed by atoms with E-state index in [-0.39, 0.29) is 0 Å². The van der Waals surface area contributed by atoms with Crippen molar-refractivity contribution in [3.8, 4) is 0 Å². The predicted molar refractivity (Wildman–Crippen MR) is 68.9 cm³/mol. The normalized spacial score (nSPS) is 15.1. The third-order valence-electron chi connectivity index (χ3n) is 2.72. The van der Waals surface area contributed by atoms with Gasteiger partial charge < -0.3 is 0 Å². The molecule has 0 aliphatic heterocycles. The van der Waals surface area contributed by atoms with Crippen LogP contribution in [0.4, 0.5) is 0 Å². The largest absolute Gasteiger partial charge is 0.0876 e. The van der Waals surface area contributed by atoms with Crippen molar-refractivity contribution in [3.63, 3.8) is 0 Å². The van der Waals surface area contributed by atoms with Crippen molar-refractivity contribution in [1.82, 2.24) is 0 Å². The number of hydrogen-bond donors (Lipinski definition) is 0. The quantitative estimate of drug-likeness (QED) is 0.688. The molecule has 0 unspecified atom stereocenters. The molecule has 0 heteroatoms. The molecule has 1 aromatic rings. The van der Waals surface area contributed by atoms with Gasteiger partial charge >= 0.3 is 0 Å². The van der Waals surface area contributed by atoms with Crippen LogP contribution < -0.4 is 10.4 Å². The maximum Gasteiger partial charge on any atom is -0.0185 e. The van der Waals surface area contributed by atoms with Crippen LogP contribution in [0.25, 0.3) is 11.6 Å². The van der Waals surface area contributed by atoms with Crippen molar-refractivity contribution >= 4 is 11.6 Å². The highest BCUT2D eigenvalue weighted by Gasteiger charge is 1.97. The molecule has 0 nitrogen and oxygen atoms in total. The summed E-state index contributed by atoms with van der Waals surface area (Å²) in [4.78, 5) is 0. The minimum absolute atomic E-state index is 0.602. The van der Waals surface area contributed by atoms with E-state index in [1.807, 2.05) is 6.92 Å². The maximum atomic E-state index is 2.24. The minimum atomic E-state index is 0.602. The first-order valence-corrected chi connectivity index (χ1v) is 5.55.